The first kappa shape index (κ1) is 13.7. The van der Waals surface area contributed by atoms with Crippen LogP contribution in [0.2, 0.25) is 0 Å². The number of rotatable bonds is 3. The molecule has 3 rings (SSSR count). The third kappa shape index (κ3) is 1.91. The predicted octanol–water partition coefficient (Wildman–Crippen LogP) is 2.47. The molecule has 0 saturated heterocycles. The summed E-state index contributed by atoms with van der Waals surface area (Å²) in [6, 6.07) is 4.87. The van der Waals surface area contributed by atoms with Crippen molar-refractivity contribution >= 4 is 11.5 Å². The fraction of sp³-hybridized carbons (Fsp3) is 0.500. The van der Waals surface area contributed by atoms with E-state index in [0.29, 0.717) is 18.4 Å². The average molecular weight is 290 g/mol. The van der Waals surface area contributed by atoms with Crippen LogP contribution in [0.15, 0.2) is 24.3 Å². The third-order valence-corrected chi connectivity index (χ3v) is 4.74. The van der Waals surface area contributed by atoms with Crippen molar-refractivity contribution in [1.29, 1.82) is 0 Å². The number of carbonyl (C=O) groups excluding carboxylic acids is 1. The Labute approximate surface area is 120 Å². The zero-order chi connectivity index (χ0) is 15.2. The number of carbonyl (C=O) groups is 1. The highest BCUT2D eigenvalue weighted by Crippen LogP contribution is 2.66. The smallest absolute Gasteiger partial charge is 0.269 e. The maximum Gasteiger partial charge on any atom is 0.269 e. The van der Waals surface area contributed by atoms with E-state index in [9.17, 15) is 25.0 Å². The topological polar surface area (TPSA) is 103 Å². The van der Waals surface area contributed by atoms with Crippen molar-refractivity contribution in [3.05, 3.63) is 50.1 Å². The van der Waals surface area contributed by atoms with Crippen molar-refractivity contribution in [3.63, 3.8) is 0 Å². The minimum atomic E-state index is -0.883. The van der Waals surface area contributed by atoms with Crippen LogP contribution in [0.4, 0.5) is 5.69 Å². The van der Waals surface area contributed by atoms with Crippen molar-refractivity contribution in [2.75, 3.05) is 0 Å². The number of nitro benzene ring substituents is 1. The Morgan fingerprint density at radius 2 is 1.76 bits per heavy atom. The summed E-state index contributed by atoms with van der Waals surface area (Å²) in [6.07, 6.45) is 2.55. The lowest BCUT2D eigenvalue weighted by Gasteiger charge is -2.19. The van der Waals surface area contributed by atoms with Crippen molar-refractivity contribution in [1.82, 2.24) is 0 Å². The van der Waals surface area contributed by atoms with Gasteiger partial charge in [-0.3, -0.25) is 25.0 Å². The molecule has 0 bridgehead atoms. The molecule has 1 spiro atoms. The van der Waals surface area contributed by atoms with E-state index in [0.717, 1.165) is 12.8 Å². The molecule has 0 heterocycles. The number of nitrogens with zero attached hydrogens (tertiary/aromatic N) is 2. The van der Waals surface area contributed by atoms with Crippen molar-refractivity contribution in [3.8, 4) is 0 Å². The SMILES string of the molecule is O=C1CCCC[C@@]12[C@@H]([N+](=O)[O-])[C@@H]2c1ccc([N+](=O)[O-])cc1. The van der Waals surface area contributed by atoms with Crippen LogP contribution in [0.5, 0.6) is 0 Å². The van der Waals surface area contributed by atoms with E-state index in [1.165, 1.54) is 24.3 Å². The highest BCUT2D eigenvalue weighted by molar-refractivity contribution is 5.91. The van der Waals surface area contributed by atoms with E-state index >= 15 is 0 Å². The van der Waals surface area contributed by atoms with Crippen LogP contribution < -0.4 is 0 Å². The lowest BCUT2D eigenvalue weighted by molar-refractivity contribution is -0.502. The van der Waals surface area contributed by atoms with E-state index in [-0.39, 0.29) is 16.4 Å². The van der Waals surface area contributed by atoms with Crippen LogP contribution in [0, 0.1) is 25.6 Å². The first-order chi connectivity index (χ1) is 9.98. The quantitative estimate of drug-likeness (QED) is 0.628. The number of hydrogen-bond donors (Lipinski definition) is 0. The van der Waals surface area contributed by atoms with Crippen LogP contribution in [-0.2, 0) is 4.79 Å². The summed E-state index contributed by atoms with van der Waals surface area (Å²) < 4.78 is 0. The molecule has 2 aliphatic rings. The van der Waals surface area contributed by atoms with Crippen molar-refractivity contribution in [2.45, 2.75) is 37.6 Å². The lowest BCUT2D eigenvalue weighted by Crippen LogP contribution is -2.27. The van der Waals surface area contributed by atoms with Gasteiger partial charge in [-0.15, -0.1) is 0 Å². The molecule has 3 atom stereocenters. The molecule has 110 valence electrons. The number of ketones is 1. The normalized spacial score (nSPS) is 31.1. The van der Waals surface area contributed by atoms with Gasteiger partial charge in [0.05, 0.1) is 10.8 Å². The zero-order valence-electron chi connectivity index (χ0n) is 11.2. The zero-order valence-corrected chi connectivity index (χ0v) is 11.2. The minimum absolute atomic E-state index is 0.0289. The Kier molecular flexibility index (Phi) is 3.00. The van der Waals surface area contributed by atoms with Crippen LogP contribution in [-0.4, -0.2) is 21.7 Å². The molecule has 7 nitrogen and oxygen atoms in total. The van der Waals surface area contributed by atoms with Crippen LogP contribution in [0.3, 0.4) is 0 Å². The first-order valence-electron chi connectivity index (χ1n) is 6.89. The molecule has 0 radical (unpaired) electrons. The maximum atomic E-state index is 12.2. The second-order valence-corrected chi connectivity index (χ2v) is 5.73. The van der Waals surface area contributed by atoms with Gasteiger partial charge in [0.1, 0.15) is 11.2 Å². The van der Waals surface area contributed by atoms with Crippen LogP contribution >= 0.6 is 0 Å². The summed E-state index contributed by atoms with van der Waals surface area (Å²) in [5.74, 6) is -0.472. The molecule has 2 aliphatic carbocycles. The molecule has 1 aromatic carbocycles. The number of non-ortho nitro benzene ring substituents is 1. The molecular formula is C14H14N2O5. The number of benzene rings is 1. The summed E-state index contributed by atoms with van der Waals surface area (Å²) in [7, 11) is 0. The summed E-state index contributed by atoms with van der Waals surface area (Å²) in [4.78, 5) is 33.3. The summed E-state index contributed by atoms with van der Waals surface area (Å²) in [6.45, 7) is 0. The van der Waals surface area contributed by atoms with E-state index < -0.39 is 22.3 Å². The average Bonchev–Trinajstić information content (AvgIpc) is 3.12. The second-order valence-electron chi connectivity index (χ2n) is 5.73. The summed E-state index contributed by atoms with van der Waals surface area (Å²) in [5.41, 5.74) is -0.281. The molecule has 7 heteroatoms. The molecule has 0 aromatic heterocycles. The minimum Gasteiger partial charge on any atom is -0.299 e. The van der Waals surface area contributed by atoms with Crippen LogP contribution in [0.25, 0.3) is 0 Å². The molecule has 0 unspecified atom stereocenters. The van der Waals surface area contributed by atoms with Gasteiger partial charge < -0.3 is 0 Å². The third-order valence-electron chi connectivity index (χ3n) is 4.74. The van der Waals surface area contributed by atoms with Gasteiger partial charge in [0.25, 0.3) is 5.69 Å². The highest BCUT2D eigenvalue weighted by atomic mass is 16.6. The molecule has 1 aromatic rings. The largest absolute Gasteiger partial charge is 0.299 e. The van der Waals surface area contributed by atoms with Crippen molar-refractivity contribution < 1.29 is 14.6 Å². The maximum absolute atomic E-state index is 12.2. The van der Waals surface area contributed by atoms with Gasteiger partial charge in [-0.1, -0.05) is 18.6 Å². The Hall–Kier alpha value is -2.31. The van der Waals surface area contributed by atoms with Gasteiger partial charge in [-0.05, 0) is 18.4 Å². The van der Waals surface area contributed by atoms with E-state index in [2.05, 4.69) is 0 Å². The molecule has 0 aliphatic heterocycles. The standard InChI is InChI=1S/C14H14N2O5/c17-11-3-1-2-8-14(11)12(13(14)16(20)21)9-4-6-10(7-5-9)15(18)19/h4-7,12-13H,1-3,8H2/t12-,13-,14+/m0/s1. The second kappa shape index (κ2) is 4.61. The molecular weight excluding hydrogens is 276 g/mol. The Bertz CT molecular complexity index is 627. The van der Waals surface area contributed by atoms with Gasteiger partial charge in [0.15, 0.2) is 0 Å². The lowest BCUT2D eigenvalue weighted by atomic mass is 9.81. The molecule has 0 N–H and O–H groups in total. The fourth-order valence-corrected chi connectivity index (χ4v) is 3.73. The van der Waals surface area contributed by atoms with Crippen molar-refractivity contribution in [2.24, 2.45) is 5.41 Å². The van der Waals surface area contributed by atoms with Gasteiger partial charge in [0.2, 0.25) is 6.04 Å². The first-order valence-corrected chi connectivity index (χ1v) is 6.89. The number of nitro groups is 2. The summed E-state index contributed by atoms with van der Waals surface area (Å²) in [5, 5.41) is 21.9. The highest BCUT2D eigenvalue weighted by Gasteiger charge is 2.77. The Morgan fingerprint density at radius 1 is 1.10 bits per heavy atom. The number of Topliss-reactive ketones (excluding diaryl/α,β-unsaturated/α-hetero) is 1. The van der Waals surface area contributed by atoms with Gasteiger partial charge in [-0.2, -0.15) is 0 Å². The Balaban J connectivity index is 1.95. The molecule has 2 fully saturated rings. The fourth-order valence-electron chi connectivity index (χ4n) is 3.73. The summed E-state index contributed by atoms with van der Waals surface area (Å²) >= 11 is 0. The monoisotopic (exact) mass is 290 g/mol. The van der Waals surface area contributed by atoms with Gasteiger partial charge >= 0.3 is 0 Å². The molecule has 21 heavy (non-hydrogen) atoms. The van der Waals surface area contributed by atoms with Crippen LogP contribution in [0.1, 0.15) is 37.2 Å². The Morgan fingerprint density at radius 3 is 2.29 bits per heavy atom. The predicted molar refractivity (Wildman–Crippen MR) is 72.5 cm³/mol. The van der Waals surface area contributed by atoms with Gasteiger partial charge in [0, 0.05) is 23.5 Å². The number of hydrogen-bond acceptors (Lipinski definition) is 5. The molecule has 2 saturated carbocycles. The van der Waals surface area contributed by atoms with E-state index in [4.69, 9.17) is 0 Å². The van der Waals surface area contributed by atoms with E-state index in [1.807, 2.05) is 0 Å². The molecule has 0 amide bonds. The van der Waals surface area contributed by atoms with E-state index in [1.54, 1.807) is 0 Å². The van der Waals surface area contributed by atoms with Gasteiger partial charge in [-0.25, -0.2) is 0 Å².